The fourth-order valence-electron chi connectivity index (χ4n) is 2.16. The fraction of sp³-hybridized carbons (Fsp3) is 0.800. The van der Waals surface area contributed by atoms with Crippen molar-refractivity contribution in [2.45, 2.75) is 77.2 Å². The number of rotatable bonds is 0. The van der Waals surface area contributed by atoms with Gasteiger partial charge in [-0.15, -0.1) is 0 Å². The van der Waals surface area contributed by atoms with E-state index in [1.165, 1.54) is 32.1 Å². The van der Waals surface area contributed by atoms with Gasteiger partial charge in [0.2, 0.25) is 0 Å². The minimum Gasteiger partial charge on any atom is -0.463 e. The van der Waals surface area contributed by atoms with E-state index in [1.54, 1.807) is 0 Å². The molecule has 2 heteroatoms. The van der Waals surface area contributed by atoms with Crippen LogP contribution in [-0.2, 0) is 9.53 Å². The summed E-state index contributed by atoms with van der Waals surface area (Å²) in [6, 6.07) is 0. The van der Waals surface area contributed by atoms with Crippen molar-refractivity contribution < 1.29 is 9.53 Å². The maximum Gasteiger partial charge on any atom is 0.306 e. The van der Waals surface area contributed by atoms with Gasteiger partial charge in [0.15, 0.2) is 0 Å². The number of esters is 1. The number of hydrogen-bond acceptors (Lipinski definition) is 2. The highest BCUT2D eigenvalue weighted by Crippen LogP contribution is 2.12. The van der Waals surface area contributed by atoms with Crippen molar-refractivity contribution >= 4 is 5.97 Å². The molecule has 1 unspecified atom stereocenters. The summed E-state index contributed by atoms with van der Waals surface area (Å²) in [4.78, 5) is 11.5. The predicted molar refractivity (Wildman–Crippen MR) is 70.9 cm³/mol. The van der Waals surface area contributed by atoms with Gasteiger partial charge in [0, 0.05) is 6.42 Å². The quantitative estimate of drug-likeness (QED) is 0.462. The van der Waals surface area contributed by atoms with Crippen molar-refractivity contribution in [3.63, 3.8) is 0 Å². The van der Waals surface area contributed by atoms with Gasteiger partial charge in [-0.3, -0.25) is 4.79 Å². The third-order valence-corrected chi connectivity index (χ3v) is 3.23. The largest absolute Gasteiger partial charge is 0.463 e. The zero-order chi connectivity index (χ0) is 12.3. The molecule has 0 spiro atoms. The van der Waals surface area contributed by atoms with E-state index in [0.29, 0.717) is 6.42 Å². The summed E-state index contributed by atoms with van der Waals surface area (Å²) < 4.78 is 5.37. The Kier molecular flexibility index (Phi) is 7.78. The second-order valence-corrected chi connectivity index (χ2v) is 5.01. The van der Waals surface area contributed by atoms with E-state index >= 15 is 0 Å². The lowest BCUT2D eigenvalue weighted by molar-refractivity contribution is -0.148. The Morgan fingerprint density at radius 2 is 1.65 bits per heavy atom. The molecule has 0 radical (unpaired) electrons. The summed E-state index contributed by atoms with van der Waals surface area (Å²) in [7, 11) is 0. The summed E-state index contributed by atoms with van der Waals surface area (Å²) in [5.74, 6) is -0.0173. The molecule has 2 nitrogen and oxygen atoms in total. The molecule has 1 aliphatic heterocycles. The maximum absolute atomic E-state index is 11.5. The van der Waals surface area contributed by atoms with Gasteiger partial charge in [-0.1, -0.05) is 25.0 Å². The van der Waals surface area contributed by atoms with Crippen molar-refractivity contribution in [3.8, 4) is 0 Å². The molecule has 0 bridgehead atoms. The second-order valence-electron chi connectivity index (χ2n) is 5.01. The summed E-state index contributed by atoms with van der Waals surface area (Å²) >= 11 is 0. The molecule has 98 valence electrons. The van der Waals surface area contributed by atoms with Crippen LogP contribution in [0, 0.1) is 0 Å². The van der Waals surface area contributed by atoms with Crippen LogP contribution in [0.2, 0.25) is 0 Å². The van der Waals surface area contributed by atoms with Crippen LogP contribution in [0.4, 0.5) is 0 Å². The molecule has 0 aromatic heterocycles. The van der Waals surface area contributed by atoms with Gasteiger partial charge >= 0.3 is 5.97 Å². The number of hydrogen-bond donors (Lipinski definition) is 0. The smallest absolute Gasteiger partial charge is 0.306 e. The third-order valence-electron chi connectivity index (χ3n) is 3.23. The van der Waals surface area contributed by atoms with Crippen LogP contribution >= 0.6 is 0 Å². The first kappa shape index (κ1) is 14.3. The molecule has 0 fully saturated rings. The van der Waals surface area contributed by atoms with Gasteiger partial charge in [-0.25, -0.2) is 0 Å². The first-order valence-electron chi connectivity index (χ1n) is 7.13. The van der Waals surface area contributed by atoms with E-state index in [4.69, 9.17) is 4.74 Å². The van der Waals surface area contributed by atoms with Crippen LogP contribution < -0.4 is 0 Å². The summed E-state index contributed by atoms with van der Waals surface area (Å²) in [5, 5.41) is 0. The molecule has 0 aromatic carbocycles. The van der Waals surface area contributed by atoms with Crippen LogP contribution in [0.5, 0.6) is 0 Å². The van der Waals surface area contributed by atoms with Crippen molar-refractivity contribution in [1.82, 2.24) is 0 Å². The number of carbonyl (C=O) groups is 1. The van der Waals surface area contributed by atoms with E-state index in [0.717, 1.165) is 25.7 Å². The highest BCUT2D eigenvalue weighted by Gasteiger charge is 2.08. The molecule has 17 heavy (non-hydrogen) atoms. The summed E-state index contributed by atoms with van der Waals surface area (Å²) in [6.45, 7) is 2.01. The molecule has 0 amide bonds. The molecule has 0 aliphatic carbocycles. The topological polar surface area (TPSA) is 26.3 Å². The number of allylic oxidation sites excluding steroid dienone is 2. The van der Waals surface area contributed by atoms with Gasteiger partial charge < -0.3 is 4.74 Å². The molecular weight excluding hydrogens is 212 g/mol. The first-order chi connectivity index (χ1) is 8.29. The lowest BCUT2D eigenvalue weighted by atomic mass is 10.1. The average molecular weight is 238 g/mol. The molecule has 0 N–H and O–H groups in total. The lowest BCUT2D eigenvalue weighted by Crippen LogP contribution is -2.14. The van der Waals surface area contributed by atoms with E-state index in [2.05, 4.69) is 12.2 Å². The van der Waals surface area contributed by atoms with E-state index < -0.39 is 0 Å². The summed E-state index contributed by atoms with van der Waals surface area (Å²) in [6.07, 6.45) is 15.6. The van der Waals surface area contributed by atoms with Gasteiger partial charge in [-0.05, 0) is 51.9 Å². The van der Waals surface area contributed by atoms with Crippen LogP contribution in [-0.4, -0.2) is 12.1 Å². The summed E-state index contributed by atoms with van der Waals surface area (Å²) in [5.41, 5.74) is 0. The molecular formula is C15H26O2. The van der Waals surface area contributed by atoms with Crippen molar-refractivity contribution in [2.75, 3.05) is 0 Å². The van der Waals surface area contributed by atoms with Crippen LogP contribution in [0.3, 0.4) is 0 Å². The molecule has 0 saturated heterocycles. The Morgan fingerprint density at radius 1 is 1.00 bits per heavy atom. The Bertz CT molecular complexity index is 233. The average Bonchev–Trinajstić information content (AvgIpc) is 2.30. The molecule has 0 aromatic rings. The van der Waals surface area contributed by atoms with Crippen LogP contribution in [0.1, 0.15) is 71.1 Å². The standard InChI is InChI=1S/C15H26O2/c1-14-12-10-8-6-4-2-3-5-7-9-11-13-15(16)17-14/h3,5,14H,2,4,6-13H2,1H3/b5-3-. The minimum atomic E-state index is -0.0173. The maximum atomic E-state index is 11.5. The molecule has 1 aliphatic rings. The zero-order valence-corrected chi connectivity index (χ0v) is 11.1. The molecule has 1 atom stereocenters. The second kappa shape index (κ2) is 9.26. The Balaban J connectivity index is 2.29. The van der Waals surface area contributed by atoms with E-state index in [1.807, 2.05) is 6.92 Å². The lowest BCUT2D eigenvalue weighted by Gasteiger charge is -2.12. The monoisotopic (exact) mass is 238 g/mol. The van der Waals surface area contributed by atoms with Crippen molar-refractivity contribution in [2.24, 2.45) is 0 Å². The number of carbonyl (C=O) groups excluding carboxylic acids is 1. The number of cyclic esters (lactones) is 1. The van der Waals surface area contributed by atoms with Gasteiger partial charge in [0.1, 0.15) is 0 Å². The Hall–Kier alpha value is -0.790. The van der Waals surface area contributed by atoms with Crippen LogP contribution in [0.15, 0.2) is 12.2 Å². The Morgan fingerprint density at radius 3 is 2.41 bits per heavy atom. The molecule has 1 heterocycles. The normalized spacial score (nSPS) is 27.6. The fourth-order valence-corrected chi connectivity index (χ4v) is 2.16. The van der Waals surface area contributed by atoms with Crippen molar-refractivity contribution in [3.05, 3.63) is 12.2 Å². The SMILES string of the molecule is CC1CCCCCC/C=C\CCCCC(=O)O1. The van der Waals surface area contributed by atoms with Gasteiger partial charge in [-0.2, -0.15) is 0 Å². The number of ether oxygens (including phenoxy) is 1. The zero-order valence-electron chi connectivity index (χ0n) is 11.1. The van der Waals surface area contributed by atoms with Gasteiger partial charge in [0.25, 0.3) is 0 Å². The molecule has 0 saturated carbocycles. The minimum absolute atomic E-state index is 0.0173. The highest BCUT2D eigenvalue weighted by molar-refractivity contribution is 5.69. The van der Waals surface area contributed by atoms with Crippen molar-refractivity contribution in [1.29, 1.82) is 0 Å². The van der Waals surface area contributed by atoms with E-state index in [-0.39, 0.29) is 12.1 Å². The predicted octanol–water partition coefficient (Wildman–Crippen LogP) is 4.39. The van der Waals surface area contributed by atoms with Gasteiger partial charge in [0.05, 0.1) is 6.10 Å². The molecule has 1 rings (SSSR count). The first-order valence-corrected chi connectivity index (χ1v) is 7.13. The van der Waals surface area contributed by atoms with Crippen LogP contribution in [0.25, 0.3) is 0 Å². The Labute approximate surface area is 105 Å². The highest BCUT2D eigenvalue weighted by atomic mass is 16.5. The van der Waals surface area contributed by atoms with E-state index in [9.17, 15) is 4.79 Å². The third kappa shape index (κ3) is 8.00.